The zero-order valence-corrected chi connectivity index (χ0v) is 18.1. The summed E-state index contributed by atoms with van der Waals surface area (Å²) in [5.74, 6) is -2.36. The van der Waals surface area contributed by atoms with Crippen LogP contribution < -0.4 is 0 Å². The van der Waals surface area contributed by atoms with Crippen molar-refractivity contribution in [2.24, 2.45) is 17.8 Å². The first-order valence-electron chi connectivity index (χ1n) is 10.6. The molecule has 10 atom stereocenters. The molecule has 0 amide bonds. The van der Waals surface area contributed by atoms with Gasteiger partial charge in [0.1, 0.15) is 30.5 Å². The van der Waals surface area contributed by atoms with E-state index in [1.165, 1.54) is 26.7 Å². The van der Waals surface area contributed by atoms with Gasteiger partial charge in [-0.25, -0.2) is 9.59 Å². The number of rotatable bonds is 5. The molecule has 12 nitrogen and oxygen atoms in total. The molecule has 4 rings (SSSR count). The number of ether oxygens (including phenoxy) is 6. The van der Waals surface area contributed by atoms with Gasteiger partial charge in [0.25, 0.3) is 0 Å². The van der Waals surface area contributed by atoms with Gasteiger partial charge < -0.3 is 48.8 Å². The number of aliphatic hydroxyl groups is 4. The average molecular weight is 472 g/mol. The average Bonchev–Trinajstić information content (AvgIpc) is 2.83. The minimum absolute atomic E-state index is 0.225. The summed E-state index contributed by atoms with van der Waals surface area (Å²) in [5, 5.41) is 39.8. The summed E-state index contributed by atoms with van der Waals surface area (Å²) in [5.41, 5.74) is 0.620. The van der Waals surface area contributed by atoms with Crippen molar-refractivity contribution in [2.45, 2.75) is 55.9 Å². The minimum atomic E-state index is -1.62. The third-order valence-electron chi connectivity index (χ3n) is 6.76. The van der Waals surface area contributed by atoms with Crippen LogP contribution in [0.4, 0.5) is 0 Å². The van der Waals surface area contributed by atoms with E-state index in [1.807, 2.05) is 0 Å². The molecular weight excluding hydrogens is 444 g/mol. The summed E-state index contributed by atoms with van der Waals surface area (Å²) in [4.78, 5) is 24.6. The third kappa shape index (κ3) is 4.22. The number of esters is 2. The molecule has 3 aliphatic heterocycles. The highest BCUT2D eigenvalue weighted by Crippen LogP contribution is 2.49. The van der Waals surface area contributed by atoms with E-state index in [2.05, 4.69) is 0 Å². The Labute approximate surface area is 189 Å². The Morgan fingerprint density at radius 2 is 1.61 bits per heavy atom. The molecule has 4 N–H and O–H groups in total. The molecule has 2 fully saturated rings. The molecule has 0 unspecified atom stereocenters. The third-order valence-corrected chi connectivity index (χ3v) is 6.76. The predicted molar refractivity (Wildman–Crippen MR) is 105 cm³/mol. The molecule has 1 aliphatic carbocycles. The maximum atomic E-state index is 12.4. The molecule has 0 radical (unpaired) electrons. The Bertz CT molecular complexity index is 822. The van der Waals surface area contributed by atoms with Gasteiger partial charge in [-0.1, -0.05) is 0 Å². The largest absolute Gasteiger partial charge is 0.497 e. The fourth-order valence-corrected chi connectivity index (χ4v) is 5.02. The molecule has 2 bridgehead atoms. The van der Waals surface area contributed by atoms with Crippen LogP contribution in [0.15, 0.2) is 23.7 Å². The first kappa shape index (κ1) is 23.9. The van der Waals surface area contributed by atoms with Crippen molar-refractivity contribution in [2.75, 3.05) is 20.8 Å². The van der Waals surface area contributed by atoms with Gasteiger partial charge in [0.05, 0.1) is 50.4 Å². The molecule has 0 aromatic heterocycles. The Kier molecular flexibility index (Phi) is 6.93. The van der Waals surface area contributed by atoms with E-state index in [1.54, 1.807) is 0 Å². The van der Waals surface area contributed by atoms with Crippen molar-refractivity contribution in [1.29, 1.82) is 0 Å². The smallest absolute Gasteiger partial charge is 0.337 e. The van der Waals surface area contributed by atoms with Crippen molar-refractivity contribution in [3.8, 4) is 0 Å². The maximum Gasteiger partial charge on any atom is 0.337 e. The van der Waals surface area contributed by atoms with Crippen LogP contribution in [0, 0.1) is 17.8 Å². The Balaban J connectivity index is 1.61. The van der Waals surface area contributed by atoms with Crippen molar-refractivity contribution in [3.63, 3.8) is 0 Å². The van der Waals surface area contributed by atoms with E-state index in [9.17, 15) is 30.0 Å². The van der Waals surface area contributed by atoms with Gasteiger partial charge in [-0.15, -0.1) is 0 Å². The Morgan fingerprint density at radius 1 is 0.939 bits per heavy atom. The number of aliphatic hydroxyl groups excluding tert-OH is 4. The molecule has 0 spiro atoms. The van der Waals surface area contributed by atoms with E-state index in [4.69, 9.17) is 28.4 Å². The van der Waals surface area contributed by atoms with Gasteiger partial charge in [-0.2, -0.15) is 0 Å². The molecule has 1 saturated heterocycles. The first-order chi connectivity index (χ1) is 15.8. The van der Waals surface area contributed by atoms with Gasteiger partial charge in [-0.05, 0) is 18.8 Å². The lowest BCUT2D eigenvalue weighted by molar-refractivity contribution is -0.347. The number of carbonyl (C=O) groups excluding carboxylic acids is 2. The summed E-state index contributed by atoms with van der Waals surface area (Å²) in [6.07, 6.45) is -5.53. The lowest BCUT2D eigenvalue weighted by Gasteiger charge is -2.49. The summed E-state index contributed by atoms with van der Waals surface area (Å²) in [7, 11) is 2.52. The van der Waals surface area contributed by atoms with E-state index in [0.717, 1.165) is 0 Å². The minimum Gasteiger partial charge on any atom is -0.497 e. The van der Waals surface area contributed by atoms with Crippen LogP contribution in [-0.2, 0) is 38.0 Å². The van der Waals surface area contributed by atoms with Crippen LogP contribution >= 0.6 is 0 Å². The molecule has 184 valence electrons. The zero-order chi connectivity index (χ0) is 23.9. The number of methoxy groups -OCH3 is 2. The van der Waals surface area contributed by atoms with Crippen molar-refractivity contribution in [3.05, 3.63) is 23.7 Å². The number of carbonyl (C=O) groups is 2. The van der Waals surface area contributed by atoms with E-state index in [0.29, 0.717) is 18.4 Å². The zero-order valence-electron chi connectivity index (χ0n) is 18.1. The molecule has 4 aliphatic rings. The summed E-state index contributed by atoms with van der Waals surface area (Å²) >= 11 is 0. The second-order valence-corrected chi connectivity index (χ2v) is 8.49. The highest BCUT2D eigenvalue weighted by molar-refractivity contribution is 5.90. The molecule has 3 heterocycles. The molecule has 0 aromatic rings. The highest BCUT2D eigenvalue weighted by Gasteiger charge is 2.54. The molecular formula is C21H28O12. The summed E-state index contributed by atoms with van der Waals surface area (Å²) < 4.78 is 32.5. The van der Waals surface area contributed by atoms with Gasteiger partial charge in [0.15, 0.2) is 6.29 Å². The van der Waals surface area contributed by atoms with Gasteiger partial charge in [0.2, 0.25) is 6.29 Å². The number of hydrogen-bond donors (Lipinski definition) is 4. The second-order valence-electron chi connectivity index (χ2n) is 8.49. The first-order valence-corrected chi connectivity index (χ1v) is 10.6. The molecule has 12 heteroatoms. The van der Waals surface area contributed by atoms with E-state index < -0.39 is 73.5 Å². The molecule has 1 saturated carbocycles. The highest BCUT2D eigenvalue weighted by atomic mass is 16.8. The van der Waals surface area contributed by atoms with Gasteiger partial charge in [0, 0.05) is 5.92 Å². The van der Waals surface area contributed by atoms with Crippen LogP contribution in [0.3, 0.4) is 0 Å². The topological polar surface area (TPSA) is 170 Å². The fourth-order valence-electron chi connectivity index (χ4n) is 5.02. The van der Waals surface area contributed by atoms with Crippen molar-refractivity contribution in [1.82, 2.24) is 0 Å². The van der Waals surface area contributed by atoms with Crippen LogP contribution in [0.5, 0.6) is 0 Å². The normalized spacial score (nSPS) is 42.0. The summed E-state index contributed by atoms with van der Waals surface area (Å²) in [6, 6.07) is 0. The molecule has 0 aromatic carbocycles. The predicted octanol–water partition coefficient (Wildman–Crippen LogP) is -1.69. The van der Waals surface area contributed by atoms with E-state index in [-0.39, 0.29) is 11.5 Å². The van der Waals surface area contributed by atoms with Crippen LogP contribution in [0.2, 0.25) is 0 Å². The summed E-state index contributed by atoms with van der Waals surface area (Å²) in [6.45, 7) is -0.608. The van der Waals surface area contributed by atoms with E-state index >= 15 is 0 Å². The van der Waals surface area contributed by atoms with Gasteiger partial charge in [-0.3, -0.25) is 0 Å². The fraction of sp³-hybridized carbons (Fsp3) is 0.714. The van der Waals surface area contributed by atoms with Crippen LogP contribution in [-0.4, -0.2) is 96.3 Å². The quantitative estimate of drug-likeness (QED) is 0.335. The number of hydrogen-bond acceptors (Lipinski definition) is 12. The second kappa shape index (κ2) is 9.57. The Hall–Kier alpha value is -2.22. The number of fused-ring (bicyclic) bond motifs is 4. The maximum absolute atomic E-state index is 12.4. The van der Waals surface area contributed by atoms with Gasteiger partial charge >= 0.3 is 11.9 Å². The SMILES string of the molecule is COC(=O)C1=CO[C@@H]2C[C@H]1C[C@@H]1C(C(=O)OC)=CO[C@@H](O[C@H]3O[C@@H](CO)[C@H](O)[C@@H](O)[C@@H]3O)[C@@H]12. The standard InChI is InChI=1S/C21H28O12/c1-28-18(26)10-6-30-12-4-8(10)3-9-11(19(27)29-2)7-31-20(14(9)12)33-21-17(25)16(24)15(23)13(5-22)32-21/h6-9,12-17,20-25H,3-5H2,1-2H3/t8-,9-,12-,13+,14+,15+,16-,17+,20+,21-/m1/s1. The molecule has 33 heavy (non-hydrogen) atoms. The van der Waals surface area contributed by atoms with Crippen molar-refractivity contribution < 1.29 is 58.4 Å². The van der Waals surface area contributed by atoms with Crippen LogP contribution in [0.25, 0.3) is 0 Å². The lowest BCUT2D eigenvalue weighted by atomic mass is 9.65. The lowest BCUT2D eigenvalue weighted by Crippen LogP contribution is -2.61. The van der Waals surface area contributed by atoms with Crippen LogP contribution in [0.1, 0.15) is 12.8 Å². The Morgan fingerprint density at radius 3 is 2.27 bits per heavy atom. The monoisotopic (exact) mass is 472 g/mol. The van der Waals surface area contributed by atoms with Crippen molar-refractivity contribution >= 4 is 11.9 Å².